The molecule has 0 radical (unpaired) electrons. The van der Waals surface area contributed by atoms with Crippen LogP contribution in [0.3, 0.4) is 0 Å². The summed E-state index contributed by atoms with van der Waals surface area (Å²) in [4.78, 5) is 0. The van der Waals surface area contributed by atoms with E-state index in [1.54, 1.807) is 6.07 Å². The zero-order valence-electron chi connectivity index (χ0n) is 4.70. The molecule has 0 bridgehead atoms. The number of rotatable bonds is 2. The molecular weight excluding hydrogens is 134 g/mol. The molecule has 0 saturated carbocycles. The fourth-order valence-corrected chi connectivity index (χ4v) is 0.847. The van der Waals surface area contributed by atoms with Gasteiger partial charge in [-0.05, 0) is 11.5 Å². The van der Waals surface area contributed by atoms with E-state index in [-0.39, 0.29) is 0 Å². The van der Waals surface area contributed by atoms with Crippen molar-refractivity contribution in [3.63, 3.8) is 0 Å². The van der Waals surface area contributed by atoms with E-state index in [1.165, 1.54) is 11.5 Å². The highest BCUT2D eigenvalue weighted by molar-refractivity contribution is 7.03. The van der Waals surface area contributed by atoms with E-state index in [9.17, 15) is 0 Å². The summed E-state index contributed by atoms with van der Waals surface area (Å²) in [7, 11) is 0. The molecular formula is C6H5NOS. The Morgan fingerprint density at radius 3 is 3.33 bits per heavy atom. The molecule has 0 spiro atoms. The average molecular weight is 139 g/mol. The third-order valence-electron chi connectivity index (χ3n) is 0.718. The van der Waals surface area contributed by atoms with Crippen LogP contribution < -0.4 is 4.74 Å². The first-order valence-corrected chi connectivity index (χ1v) is 3.24. The average Bonchev–Trinajstić information content (AvgIpc) is 2.34. The fraction of sp³-hybridized carbons (Fsp3) is 0.167. The molecule has 0 N–H and O–H groups in total. The van der Waals surface area contributed by atoms with Crippen molar-refractivity contribution in [3.05, 3.63) is 11.4 Å². The molecule has 1 aromatic heterocycles. The van der Waals surface area contributed by atoms with Crippen molar-refractivity contribution in [3.8, 4) is 18.2 Å². The van der Waals surface area contributed by atoms with Gasteiger partial charge in [-0.15, -0.1) is 6.42 Å². The lowest BCUT2D eigenvalue weighted by atomic mass is 10.7. The Hall–Kier alpha value is -1.01. The van der Waals surface area contributed by atoms with Gasteiger partial charge in [0.25, 0.3) is 0 Å². The van der Waals surface area contributed by atoms with Crippen molar-refractivity contribution in [2.24, 2.45) is 0 Å². The summed E-state index contributed by atoms with van der Waals surface area (Å²) in [5, 5.41) is 1.84. The van der Waals surface area contributed by atoms with Crippen molar-refractivity contribution in [1.82, 2.24) is 4.37 Å². The van der Waals surface area contributed by atoms with Crippen LogP contribution in [0.2, 0.25) is 0 Å². The molecule has 0 amide bonds. The Kier molecular flexibility index (Phi) is 2.11. The maximum absolute atomic E-state index is 4.96. The molecule has 0 fully saturated rings. The Labute approximate surface area is 57.6 Å². The molecule has 0 aromatic carbocycles. The third kappa shape index (κ3) is 1.74. The first kappa shape index (κ1) is 6.12. The lowest BCUT2D eigenvalue weighted by molar-refractivity contribution is 0.359. The molecule has 1 rings (SSSR count). The van der Waals surface area contributed by atoms with Crippen LogP contribution in [0.15, 0.2) is 11.4 Å². The van der Waals surface area contributed by atoms with Crippen LogP contribution >= 0.6 is 11.5 Å². The predicted octanol–water partition coefficient (Wildman–Crippen LogP) is 1.16. The highest BCUT2D eigenvalue weighted by atomic mass is 32.1. The number of hydrogen-bond donors (Lipinski definition) is 0. The van der Waals surface area contributed by atoms with Crippen molar-refractivity contribution in [2.75, 3.05) is 6.61 Å². The molecule has 0 unspecified atom stereocenters. The summed E-state index contributed by atoms with van der Waals surface area (Å²) in [6.45, 7) is 0.295. The van der Waals surface area contributed by atoms with Gasteiger partial charge >= 0.3 is 0 Å². The Balaban J connectivity index is 2.41. The second-order valence-electron chi connectivity index (χ2n) is 1.33. The van der Waals surface area contributed by atoms with Gasteiger partial charge in [-0.25, -0.2) is 0 Å². The van der Waals surface area contributed by atoms with Crippen LogP contribution in [0, 0.1) is 12.3 Å². The number of aromatic nitrogens is 1. The maximum Gasteiger partial charge on any atom is 0.226 e. The second-order valence-corrected chi connectivity index (χ2v) is 2.00. The van der Waals surface area contributed by atoms with Gasteiger partial charge in [-0.2, -0.15) is 4.37 Å². The first-order chi connectivity index (χ1) is 4.43. The molecule has 3 heteroatoms. The summed E-state index contributed by atoms with van der Waals surface area (Å²) in [6, 6.07) is 1.78. The van der Waals surface area contributed by atoms with Gasteiger partial charge < -0.3 is 4.74 Å². The number of nitrogens with zero attached hydrogens (tertiary/aromatic N) is 1. The summed E-state index contributed by atoms with van der Waals surface area (Å²) in [5.41, 5.74) is 0. The van der Waals surface area contributed by atoms with E-state index < -0.39 is 0 Å². The second kappa shape index (κ2) is 3.10. The van der Waals surface area contributed by atoms with Crippen molar-refractivity contribution >= 4 is 11.5 Å². The van der Waals surface area contributed by atoms with Gasteiger partial charge in [0.2, 0.25) is 5.88 Å². The third-order valence-corrected chi connectivity index (χ3v) is 1.26. The molecule has 0 aliphatic rings. The maximum atomic E-state index is 4.96. The van der Waals surface area contributed by atoms with Crippen molar-refractivity contribution in [1.29, 1.82) is 0 Å². The van der Waals surface area contributed by atoms with E-state index >= 15 is 0 Å². The molecule has 0 saturated heterocycles. The van der Waals surface area contributed by atoms with Crippen LogP contribution in [-0.2, 0) is 0 Å². The molecule has 2 nitrogen and oxygen atoms in total. The van der Waals surface area contributed by atoms with E-state index in [0.29, 0.717) is 12.5 Å². The Morgan fingerprint density at radius 2 is 2.78 bits per heavy atom. The van der Waals surface area contributed by atoms with E-state index in [1.807, 2.05) is 5.38 Å². The molecule has 0 atom stereocenters. The van der Waals surface area contributed by atoms with E-state index in [4.69, 9.17) is 11.2 Å². The minimum atomic E-state index is 0.295. The van der Waals surface area contributed by atoms with Gasteiger partial charge in [0.1, 0.15) is 0 Å². The van der Waals surface area contributed by atoms with Crippen LogP contribution in [0.1, 0.15) is 0 Å². The zero-order valence-corrected chi connectivity index (χ0v) is 5.52. The molecule has 0 aliphatic heterocycles. The van der Waals surface area contributed by atoms with Crippen LogP contribution in [0.4, 0.5) is 0 Å². The van der Waals surface area contributed by atoms with Crippen molar-refractivity contribution < 1.29 is 4.74 Å². The standard InChI is InChI=1S/C6H5NOS/c1-2-4-8-6-3-5-9-7-6/h1,3,5H,4H2. The lowest BCUT2D eigenvalue weighted by Gasteiger charge is -1.91. The van der Waals surface area contributed by atoms with Gasteiger partial charge in [0.05, 0.1) is 0 Å². The lowest BCUT2D eigenvalue weighted by Crippen LogP contribution is -1.91. The monoisotopic (exact) mass is 139 g/mol. The summed E-state index contributed by atoms with van der Waals surface area (Å²) < 4.78 is 8.84. The molecule has 9 heavy (non-hydrogen) atoms. The summed E-state index contributed by atoms with van der Waals surface area (Å²) in [6.07, 6.45) is 4.95. The van der Waals surface area contributed by atoms with Gasteiger partial charge in [-0.3, -0.25) is 0 Å². The van der Waals surface area contributed by atoms with Gasteiger partial charge in [0, 0.05) is 11.4 Å². The normalized spacial score (nSPS) is 8.33. The molecule has 0 aliphatic carbocycles. The highest BCUT2D eigenvalue weighted by Crippen LogP contribution is 2.07. The van der Waals surface area contributed by atoms with Gasteiger partial charge in [0.15, 0.2) is 6.61 Å². The van der Waals surface area contributed by atoms with E-state index in [0.717, 1.165) is 0 Å². The zero-order chi connectivity index (χ0) is 6.53. The number of terminal acetylenes is 1. The molecule has 46 valence electrons. The SMILES string of the molecule is C#CCOc1ccsn1. The minimum Gasteiger partial charge on any atom is -0.464 e. The van der Waals surface area contributed by atoms with E-state index in [2.05, 4.69) is 10.3 Å². The quantitative estimate of drug-likeness (QED) is 0.573. The smallest absolute Gasteiger partial charge is 0.226 e. The number of ether oxygens (including phenoxy) is 1. The summed E-state index contributed by atoms with van der Waals surface area (Å²) in [5.74, 6) is 2.96. The predicted molar refractivity (Wildman–Crippen MR) is 36.4 cm³/mol. The Bertz CT molecular complexity index is 199. The first-order valence-electron chi connectivity index (χ1n) is 2.40. The van der Waals surface area contributed by atoms with Crippen molar-refractivity contribution in [2.45, 2.75) is 0 Å². The molecule has 1 aromatic rings. The van der Waals surface area contributed by atoms with Crippen LogP contribution in [0.5, 0.6) is 5.88 Å². The highest BCUT2D eigenvalue weighted by Gasteiger charge is 1.89. The molecule has 1 heterocycles. The van der Waals surface area contributed by atoms with Gasteiger partial charge in [-0.1, -0.05) is 5.92 Å². The minimum absolute atomic E-state index is 0.295. The fourth-order valence-electron chi connectivity index (χ4n) is 0.392. The largest absolute Gasteiger partial charge is 0.464 e. The summed E-state index contributed by atoms with van der Waals surface area (Å²) >= 11 is 1.35. The topological polar surface area (TPSA) is 22.1 Å². The van der Waals surface area contributed by atoms with Crippen LogP contribution in [0.25, 0.3) is 0 Å². The van der Waals surface area contributed by atoms with Crippen LogP contribution in [-0.4, -0.2) is 11.0 Å². The number of hydrogen-bond acceptors (Lipinski definition) is 3. The Morgan fingerprint density at radius 1 is 1.89 bits per heavy atom.